The van der Waals surface area contributed by atoms with E-state index in [2.05, 4.69) is 57.0 Å². The van der Waals surface area contributed by atoms with Crippen molar-refractivity contribution in [2.45, 2.75) is 45.6 Å². The van der Waals surface area contributed by atoms with Gasteiger partial charge >= 0.3 is 0 Å². The molecular weight excluding hydrogens is 324 g/mol. The Hall–Kier alpha value is -0.800. The van der Waals surface area contributed by atoms with Gasteiger partial charge in [-0.15, -0.1) is 0 Å². The molecule has 3 rings (SSSR count). The van der Waals surface area contributed by atoms with Crippen molar-refractivity contribution in [2.24, 2.45) is 5.92 Å². The lowest BCUT2D eigenvalue weighted by atomic mass is 9.89. The van der Waals surface area contributed by atoms with Crippen LogP contribution in [0.2, 0.25) is 0 Å². The second-order valence-electron chi connectivity index (χ2n) is 6.28. The molecule has 1 aliphatic carbocycles. The fourth-order valence-corrected chi connectivity index (χ4v) is 4.11. The van der Waals surface area contributed by atoms with Crippen molar-refractivity contribution in [3.05, 3.63) is 34.4 Å². The minimum Gasteiger partial charge on any atom is -0.342 e. The van der Waals surface area contributed by atoms with Gasteiger partial charge in [-0.05, 0) is 54.2 Å². The van der Waals surface area contributed by atoms with Gasteiger partial charge in [0.25, 0.3) is 0 Å². The van der Waals surface area contributed by atoms with Crippen LogP contribution in [0.5, 0.6) is 0 Å². The Labute approximate surface area is 136 Å². The van der Waals surface area contributed by atoms with E-state index in [9.17, 15) is 0 Å². The highest BCUT2D eigenvalue weighted by Crippen LogP contribution is 2.30. The highest BCUT2D eigenvalue weighted by molar-refractivity contribution is 9.10. The predicted octanol–water partition coefficient (Wildman–Crippen LogP) is 4.88. The van der Waals surface area contributed by atoms with E-state index in [0.717, 1.165) is 19.0 Å². The van der Waals surface area contributed by atoms with Crippen LogP contribution < -0.4 is 5.32 Å². The maximum atomic E-state index is 3.73. The Balaban J connectivity index is 1.59. The highest BCUT2D eigenvalue weighted by atomic mass is 79.9. The van der Waals surface area contributed by atoms with Crippen LogP contribution in [0, 0.1) is 12.8 Å². The van der Waals surface area contributed by atoms with Crippen LogP contribution in [0.4, 0.5) is 0 Å². The van der Waals surface area contributed by atoms with Crippen molar-refractivity contribution in [1.82, 2.24) is 9.88 Å². The van der Waals surface area contributed by atoms with E-state index in [0.29, 0.717) is 0 Å². The van der Waals surface area contributed by atoms with E-state index < -0.39 is 0 Å². The second-order valence-corrected chi connectivity index (χ2v) is 7.07. The quantitative estimate of drug-likeness (QED) is 0.761. The zero-order chi connectivity index (χ0) is 14.7. The summed E-state index contributed by atoms with van der Waals surface area (Å²) in [6.07, 6.45) is 7.15. The van der Waals surface area contributed by atoms with E-state index in [1.807, 2.05) is 0 Å². The number of hydrogen-bond donors (Lipinski definition) is 1. The van der Waals surface area contributed by atoms with Gasteiger partial charge in [0.15, 0.2) is 0 Å². The highest BCUT2D eigenvalue weighted by Gasteiger charge is 2.13. The molecule has 0 aliphatic heterocycles. The molecule has 3 heteroatoms. The number of rotatable bonds is 5. The summed E-state index contributed by atoms with van der Waals surface area (Å²) < 4.78 is 3.66. The number of para-hydroxylation sites is 1. The average Bonchev–Trinajstić information content (AvgIpc) is 2.77. The molecule has 1 aromatic heterocycles. The Morgan fingerprint density at radius 3 is 2.76 bits per heavy atom. The number of halogens is 1. The molecule has 0 radical (unpaired) electrons. The van der Waals surface area contributed by atoms with Crippen LogP contribution in [0.3, 0.4) is 0 Å². The smallest absolute Gasteiger partial charge is 0.0494 e. The van der Waals surface area contributed by atoms with E-state index in [1.165, 1.54) is 59.7 Å². The number of fused-ring (bicyclic) bond motifs is 1. The van der Waals surface area contributed by atoms with Crippen molar-refractivity contribution in [3.8, 4) is 0 Å². The van der Waals surface area contributed by atoms with Gasteiger partial charge in [0.1, 0.15) is 0 Å². The van der Waals surface area contributed by atoms with Crippen LogP contribution >= 0.6 is 15.9 Å². The molecule has 1 saturated carbocycles. The molecule has 0 unspecified atom stereocenters. The molecule has 1 aliphatic rings. The van der Waals surface area contributed by atoms with Gasteiger partial charge in [-0.3, -0.25) is 0 Å². The topological polar surface area (TPSA) is 17.0 Å². The summed E-state index contributed by atoms with van der Waals surface area (Å²) in [4.78, 5) is 0. The predicted molar refractivity (Wildman–Crippen MR) is 93.8 cm³/mol. The largest absolute Gasteiger partial charge is 0.342 e. The number of nitrogens with zero attached hydrogens (tertiary/aromatic N) is 1. The molecule has 21 heavy (non-hydrogen) atoms. The Morgan fingerprint density at radius 2 is 1.95 bits per heavy atom. The standard InChI is InChI=1S/C18H25BrN2/c1-14-18(19)16-9-5-6-10-17(16)21(14)12-11-20-13-15-7-3-2-4-8-15/h5-6,9-10,15,20H,2-4,7-8,11-13H2,1H3. The number of aromatic nitrogens is 1. The minimum absolute atomic E-state index is 0.910. The van der Waals surface area contributed by atoms with E-state index in [4.69, 9.17) is 0 Å². The van der Waals surface area contributed by atoms with Gasteiger partial charge in [-0.1, -0.05) is 37.5 Å². The van der Waals surface area contributed by atoms with E-state index in [1.54, 1.807) is 0 Å². The molecular formula is C18H25BrN2. The molecule has 1 fully saturated rings. The molecule has 0 bridgehead atoms. The lowest BCUT2D eigenvalue weighted by Gasteiger charge is -2.22. The van der Waals surface area contributed by atoms with Crippen LogP contribution in [0.25, 0.3) is 10.9 Å². The number of hydrogen-bond acceptors (Lipinski definition) is 1. The van der Waals surface area contributed by atoms with Gasteiger partial charge < -0.3 is 9.88 Å². The van der Waals surface area contributed by atoms with Crippen molar-refractivity contribution < 1.29 is 0 Å². The lowest BCUT2D eigenvalue weighted by molar-refractivity contribution is 0.341. The van der Waals surface area contributed by atoms with Crippen molar-refractivity contribution >= 4 is 26.8 Å². The third kappa shape index (κ3) is 3.35. The molecule has 0 amide bonds. The van der Waals surface area contributed by atoms with Crippen molar-refractivity contribution in [2.75, 3.05) is 13.1 Å². The summed E-state index contributed by atoms with van der Waals surface area (Å²) >= 11 is 3.73. The summed E-state index contributed by atoms with van der Waals surface area (Å²) in [7, 11) is 0. The van der Waals surface area contributed by atoms with Gasteiger partial charge in [-0.2, -0.15) is 0 Å². The van der Waals surface area contributed by atoms with E-state index in [-0.39, 0.29) is 0 Å². The monoisotopic (exact) mass is 348 g/mol. The Bertz CT molecular complexity index is 597. The molecule has 2 aromatic rings. The van der Waals surface area contributed by atoms with Crippen LogP contribution in [-0.4, -0.2) is 17.7 Å². The minimum atomic E-state index is 0.910. The molecule has 0 saturated heterocycles. The van der Waals surface area contributed by atoms with E-state index >= 15 is 0 Å². The first-order valence-corrected chi connectivity index (χ1v) is 9.00. The van der Waals surface area contributed by atoms with Crippen LogP contribution in [0.15, 0.2) is 28.7 Å². The number of nitrogens with one attached hydrogen (secondary N) is 1. The summed E-state index contributed by atoms with van der Waals surface area (Å²) in [6.45, 7) is 5.50. The zero-order valence-corrected chi connectivity index (χ0v) is 14.5. The molecule has 114 valence electrons. The first-order chi connectivity index (χ1) is 10.3. The molecule has 0 atom stereocenters. The van der Waals surface area contributed by atoms with Gasteiger partial charge in [-0.25, -0.2) is 0 Å². The van der Waals surface area contributed by atoms with Gasteiger partial charge in [0.2, 0.25) is 0 Å². The fraction of sp³-hybridized carbons (Fsp3) is 0.556. The molecule has 1 aromatic carbocycles. The average molecular weight is 349 g/mol. The maximum Gasteiger partial charge on any atom is 0.0494 e. The third-order valence-electron chi connectivity index (χ3n) is 4.82. The van der Waals surface area contributed by atoms with Gasteiger partial charge in [0, 0.05) is 34.2 Å². The normalized spacial score (nSPS) is 16.7. The molecule has 1 N–H and O–H groups in total. The SMILES string of the molecule is Cc1c(Br)c2ccccc2n1CCNCC1CCCCC1. The maximum absolute atomic E-state index is 3.73. The Kier molecular flexibility index (Phi) is 5.02. The summed E-state index contributed by atoms with van der Waals surface area (Å²) in [5.41, 5.74) is 2.66. The summed E-state index contributed by atoms with van der Waals surface area (Å²) in [5, 5.41) is 4.99. The Morgan fingerprint density at radius 1 is 1.19 bits per heavy atom. The zero-order valence-electron chi connectivity index (χ0n) is 12.9. The van der Waals surface area contributed by atoms with Crippen LogP contribution in [0.1, 0.15) is 37.8 Å². The molecule has 1 heterocycles. The fourth-order valence-electron chi connectivity index (χ4n) is 3.57. The van der Waals surface area contributed by atoms with Crippen molar-refractivity contribution in [1.29, 1.82) is 0 Å². The summed E-state index contributed by atoms with van der Waals surface area (Å²) in [6, 6.07) is 8.64. The summed E-state index contributed by atoms with van der Waals surface area (Å²) in [5.74, 6) is 0.910. The molecule has 2 nitrogen and oxygen atoms in total. The van der Waals surface area contributed by atoms with Gasteiger partial charge in [0.05, 0.1) is 0 Å². The third-order valence-corrected chi connectivity index (χ3v) is 5.82. The van der Waals surface area contributed by atoms with Crippen LogP contribution in [-0.2, 0) is 6.54 Å². The molecule has 0 spiro atoms. The lowest BCUT2D eigenvalue weighted by Crippen LogP contribution is -2.27. The second kappa shape index (κ2) is 6.97. The number of benzene rings is 1. The van der Waals surface area contributed by atoms with Crippen molar-refractivity contribution in [3.63, 3.8) is 0 Å². The first kappa shape index (κ1) is 15.1. The first-order valence-electron chi connectivity index (χ1n) is 8.21.